The van der Waals surface area contributed by atoms with Gasteiger partial charge in [-0.2, -0.15) is 0 Å². The van der Waals surface area contributed by atoms with Crippen molar-refractivity contribution in [2.75, 3.05) is 7.05 Å². The summed E-state index contributed by atoms with van der Waals surface area (Å²) in [5.74, 6) is 1.06. The maximum Gasteiger partial charge on any atom is 0.103 e. The molecule has 0 spiro atoms. The first kappa shape index (κ1) is 12.9. The molecule has 1 atom stereocenters. The molecule has 1 unspecified atom stereocenters. The van der Waals surface area contributed by atoms with E-state index in [0.29, 0.717) is 6.04 Å². The van der Waals surface area contributed by atoms with Crippen molar-refractivity contribution in [3.63, 3.8) is 0 Å². The first-order chi connectivity index (χ1) is 8.83. The Kier molecular flexibility index (Phi) is 4.59. The van der Waals surface area contributed by atoms with Crippen LogP contribution in [0.25, 0.3) is 0 Å². The minimum Gasteiger partial charge on any atom is -0.469 e. The van der Waals surface area contributed by atoms with Gasteiger partial charge >= 0.3 is 0 Å². The Bertz CT molecular complexity index is 462. The maximum atomic E-state index is 5.38. The lowest BCUT2D eigenvalue weighted by atomic mass is 9.99. The van der Waals surface area contributed by atoms with Gasteiger partial charge < -0.3 is 9.73 Å². The molecule has 1 N–H and O–H groups in total. The van der Waals surface area contributed by atoms with Gasteiger partial charge in [0.05, 0.1) is 6.26 Å². The molecule has 1 aromatic carbocycles. The molecule has 0 aliphatic heterocycles. The molecule has 2 heteroatoms. The third-order valence-corrected chi connectivity index (χ3v) is 3.37. The van der Waals surface area contributed by atoms with Gasteiger partial charge in [-0.1, -0.05) is 31.2 Å². The van der Waals surface area contributed by atoms with Crippen molar-refractivity contribution in [3.8, 4) is 0 Å². The average molecular weight is 243 g/mol. The number of nitrogens with one attached hydrogen (secondary N) is 1. The summed E-state index contributed by atoms with van der Waals surface area (Å²) in [5, 5.41) is 3.39. The summed E-state index contributed by atoms with van der Waals surface area (Å²) < 4.78 is 5.38. The monoisotopic (exact) mass is 243 g/mol. The lowest BCUT2D eigenvalue weighted by molar-refractivity contribution is 0.469. The van der Waals surface area contributed by atoms with E-state index in [-0.39, 0.29) is 0 Å². The fourth-order valence-electron chi connectivity index (χ4n) is 2.25. The van der Waals surface area contributed by atoms with Crippen LogP contribution < -0.4 is 5.32 Å². The van der Waals surface area contributed by atoms with E-state index in [1.807, 2.05) is 19.2 Å². The third-order valence-electron chi connectivity index (χ3n) is 3.37. The molecule has 0 radical (unpaired) electrons. The second-order valence-electron chi connectivity index (χ2n) is 4.56. The standard InChI is InChI=1S/C16H21NO/c1-3-13-6-4-7-14(12-13)16(17-2)10-9-15-8-5-11-18-15/h4-8,11-12,16-17H,3,9-10H2,1-2H3. The van der Waals surface area contributed by atoms with E-state index in [1.54, 1.807) is 6.26 Å². The van der Waals surface area contributed by atoms with Crippen LogP contribution >= 0.6 is 0 Å². The van der Waals surface area contributed by atoms with Gasteiger partial charge in [0.15, 0.2) is 0 Å². The topological polar surface area (TPSA) is 25.2 Å². The van der Waals surface area contributed by atoms with Crippen LogP contribution in [0.5, 0.6) is 0 Å². The van der Waals surface area contributed by atoms with Crippen LogP contribution in [0.4, 0.5) is 0 Å². The second kappa shape index (κ2) is 6.41. The van der Waals surface area contributed by atoms with Gasteiger partial charge in [0.1, 0.15) is 5.76 Å². The Hall–Kier alpha value is -1.54. The molecule has 18 heavy (non-hydrogen) atoms. The summed E-state index contributed by atoms with van der Waals surface area (Å²) in [6.07, 6.45) is 4.84. The fourth-order valence-corrected chi connectivity index (χ4v) is 2.25. The molecule has 0 aliphatic rings. The van der Waals surface area contributed by atoms with Crippen molar-refractivity contribution in [1.29, 1.82) is 0 Å². The number of hydrogen-bond donors (Lipinski definition) is 1. The quantitative estimate of drug-likeness (QED) is 0.836. The molecule has 2 rings (SSSR count). The summed E-state index contributed by atoms with van der Waals surface area (Å²) >= 11 is 0. The molecule has 0 amide bonds. The zero-order valence-electron chi connectivity index (χ0n) is 11.1. The second-order valence-corrected chi connectivity index (χ2v) is 4.56. The predicted octanol–water partition coefficient (Wildman–Crippen LogP) is 3.74. The minimum absolute atomic E-state index is 0.390. The third kappa shape index (κ3) is 3.23. The zero-order valence-corrected chi connectivity index (χ0v) is 11.1. The highest BCUT2D eigenvalue weighted by atomic mass is 16.3. The summed E-state index contributed by atoms with van der Waals surface area (Å²) in [5.41, 5.74) is 2.76. The molecule has 96 valence electrons. The molecular formula is C16H21NO. The van der Waals surface area contributed by atoms with Gasteiger partial charge in [-0.05, 0) is 43.1 Å². The molecule has 1 heterocycles. The summed E-state index contributed by atoms with van der Waals surface area (Å²) in [4.78, 5) is 0. The summed E-state index contributed by atoms with van der Waals surface area (Å²) in [6, 6.07) is 13.2. The molecule has 2 aromatic rings. The van der Waals surface area contributed by atoms with Crippen molar-refractivity contribution < 1.29 is 4.42 Å². The van der Waals surface area contributed by atoms with Crippen LogP contribution in [0.15, 0.2) is 47.1 Å². The minimum atomic E-state index is 0.390. The first-order valence-corrected chi connectivity index (χ1v) is 6.62. The van der Waals surface area contributed by atoms with E-state index in [9.17, 15) is 0 Å². The smallest absolute Gasteiger partial charge is 0.103 e. The van der Waals surface area contributed by atoms with Gasteiger partial charge in [0, 0.05) is 12.5 Å². The van der Waals surface area contributed by atoms with Crippen LogP contribution in [0.1, 0.15) is 36.3 Å². The predicted molar refractivity (Wildman–Crippen MR) is 74.6 cm³/mol. The van der Waals surface area contributed by atoms with E-state index in [2.05, 4.69) is 36.5 Å². The SMILES string of the molecule is CCc1cccc(C(CCc2ccco2)NC)c1. The average Bonchev–Trinajstić information content (AvgIpc) is 2.93. The van der Waals surface area contributed by atoms with Crippen LogP contribution in [0, 0.1) is 0 Å². The van der Waals surface area contributed by atoms with E-state index in [1.165, 1.54) is 11.1 Å². The highest BCUT2D eigenvalue weighted by molar-refractivity contribution is 5.26. The van der Waals surface area contributed by atoms with E-state index < -0.39 is 0 Å². The Labute approximate surface area is 109 Å². The maximum absolute atomic E-state index is 5.38. The highest BCUT2D eigenvalue weighted by Crippen LogP contribution is 2.20. The highest BCUT2D eigenvalue weighted by Gasteiger charge is 2.10. The molecule has 1 aromatic heterocycles. The van der Waals surface area contributed by atoms with Crippen molar-refractivity contribution >= 4 is 0 Å². The van der Waals surface area contributed by atoms with Crippen LogP contribution in [-0.2, 0) is 12.8 Å². The molecular weight excluding hydrogens is 222 g/mol. The van der Waals surface area contributed by atoms with Gasteiger partial charge in [-0.25, -0.2) is 0 Å². The van der Waals surface area contributed by atoms with E-state index in [4.69, 9.17) is 4.42 Å². The molecule has 0 bridgehead atoms. The van der Waals surface area contributed by atoms with Crippen molar-refractivity contribution in [2.45, 2.75) is 32.2 Å². The van der Waals surface area contributed by atoms with Gasteiger partial charge in [0.25, 0.3) is 0 Å². The Morgan fingerprint density at radius 3 is 2.78 bits per heavy atom. The van der Waals surface area contributed by atoms with Crippen LogP contribution in [0.3, 0.4) is 0 Å². The fraction of sp³-hybridized carbons (Fsp3) is 0.375. The van der Waals surface area contributed by atoms with Crippen molar-refractivity contribution in [3.05, 3.63) is 59.5 Å². The van der Waals surface area contributed by atoms with Crippen molar-refractivity contribution in [1.82, 2.24) is 5.32 Å². The lowest BCUT2D eigenvalue weighted by Gasteiger charge is -2.16. The number of hydrogen-bond acceptors (Lipinski definition) is 2. The van der Waals surface area contributed by atoms with Gasteiger partial charge in [-0.15, -0.1) is 0 Å². The van der Waals surface area contributed by atoms with E-state index >= 15 is 0 Å². The molecule has 0 saturated heterocycles. The number of furan rings is 1. The molecule has 0 saturated carbocycles. The van der Waals surface area contributed by atoms with Crippen molar-refractivity contribution in [2.24, 2.45) is 0 Å². The van der Waals surface area contributed by atoms with Gasteiger partial charge in [-0.3, -0.25) is 0 Å². The summed E-state index contributed by atoms with van der Waals surface area (Å²) in [6.45, 7) is 2.19. The zero-order chi connectivity index (χ0) is 12.8. The number of rotatable bonds is 6. The molecule has 2 nitrogen and oxygen atoms in total. The Morgan fingerprint density at radius 2 is 2.11 bits per heavy atom. The Morgan fingerprint density at radius 1 is 1.22 bits per heavy atom. The van der Waals surface area contributed by atoms with Crippen LogP contribution in [-0.4, -0.2) is 7.05 Å². The largest absolute Gasteiger partial charge is 0.469 e. The molecule has 0 fully saturated rings. The Balaban J connectivity index is 2.03. The summed E-state index contributed by atoms with van der Waals surface area (Å²) in [7, 11) is 2.02. The van der Waals surface area contributed by atoms with Gasteiger partial charge in [0.2, 0.25) is 0 Å². The van der Waals surface area contributed by atoms with Crippen LogP contribution in [0.2, 0.25) is 0 Å². The number of aryl methyl sites for hydroxylation is 2. The first-order valence-electron chi connectivity index (χ1n) is 6.62. The normalized spacial score (nSPS) is 12.6. The lowest BCUT2D eigenvalue weighted by Crippen LogP contribution is -2.17. The number of benzene rings is 1. The van der Waals surface area contributed by atoms with E-state index in [0.717, 1.165) is 25.0 Å². The molecule has 0 aliphatic carbocycles.